The molecule has 0 atom stereocenters. The van der Waals surface area contributed by atoms with Gasteiger partial charge in [0.15, 0.2) is 0 Å². The molecule has 0 aliphatic rings. The fourth-order valence-electron chi connectivity index (χ4n) is 2.50. The quantitative estimate of drug-likeness (QED) is 0.253. The monoisotopic (exact) mass is 470 g/mol. The Morgan fingerprint density at radius 3 is 2.21 bits per heavy atom. The normalized spacial score (nSPS) is 10.1. The van der Waals surface area contributed by atoms with Crippen LogP contribution in [0.15, 0.2) is 35.2 Å². The minimum absolute atomic E-state index is 0. The summed E-state index contributed by atoms with van der Waals surface area (Å²) in [6.45, 7) is 4.30. The lowest BCUT2D eigenvalue weighted by molar-refractivity contribution is -0.131. The van der Waals surface area contributed by atoms with E-state index in [9.17, 15) is 4.79 Å². The van der Waals surface area contributed by atoms with Gasteiger partial charge in [-0.2, -0.15) is 0 Å². The molecule has 1 amide bonds. The Bertz CT molecular complexity index is 467. The summed E-state index contributed by atoms with van der Waals surface area (Å²) < 4.78 is 0. The van der Waals surface area contributed by atoms with Crippen molar-refractivity contribution in [2.75, 3.05) is 45.0 Å². The largest absolute Gasteiger partial charge is 0.340 e. The van der Waals surface area contributed by atoms with Gasteiger partial charge in [-0.3, -0.25) is 4.79 Å². The van der Waals surface area contributed by atoms with Crippen LogP contribution in [-0.2, 0) is 4.79 Å². The van der Waals surface area contributed by atoms with Crippen molar-refractivity contribution in [2.45, 2.75) is 37.0 Å². The van der Waals surface area contributed by atoms with E-state index in [-0.39, 0.29) is 30.7 Å². The van der Waals surface area contributed by atoms with Gasteiger partial charge >= 0.3 is 0 Å². The number of carbonyl (C=O) groups excluding carboxylic acids is 1. The van der Waals surface area contributed by atoms with Crippen LogP contribution >= 0.6 is 46.4 Å². The number of rotatable bonds is 16. The van der Waals surface area contributed by atoms with Gasteiger partial charge in [0.1, 0.15) is 0 Å². The Kier molecular flexibility index (Phi) is 23.1. The molecule has 1 rings (SSSR count). The molecule has 9 heteroatoms. The molecule has 0 saturated carbocycles. The molecule has 164 valence electrons. The topological polar surface area (TPSA) is 84.4 Å². The zero-order valence-electron chi connectivity index (χ0n) is 16.5. The van der Waals surface area contributed by atoms with Gasteiger partial charge in [0, 0.05) is 43.2 Å². The van der Waals surface area contributed by atoms with Crippen molar-refractivity contribution in [3.8, 4) is 0 Å². The maximum absolute atomic E-state index is 12.1. The minimum atomic E-state index is 0. The van der Waals surface area contributed by atoms with Crippen LogP contribution in [0.4, 0.5) is 0 Å². The first-order valence-electron chi connectivity index (χ1n) is 9.51. The van der Waals surface area contributed by atoms with Crippen molar-refractivity contribution >= 4 is 52.3 Å². The summed E-state index contributed by atoms with van der Waals surface area (Å²) in [7, 11) is 3.75. The van der Waals surface area contributed by atoms with Crippen LogP contribution in [0.3, 0.4) is 0 Å². The molecule has 0 radical (unpaired) electrons. The van der Waals surface area contributed by atoms with Crippen molar-refractivity contribution in [2.24, 2.45) is 11.5 Å². The molecule has 0 spiro atoms. The third kappa shape index (κ3) is 15.7. The first-order valence-corrected chi connectivity index (χ1v) is 11.8. The standard InChI is InChI=1S/C19H34N4OS2.2ClH/c20-11-15-23(16-12-21)19(24)10-5-2-6-13-22-14-7-17-25-26-18-8-3-1-4-9-18;;/h1,3-4,8-9,22H,2,5-7,10-17,20-21H2;2*1H. The van der Waals surface area contributed by atoms with Gasteiger partial charge in [0.25, 0.3) is 0 Å². The van der Waals surface area contributed by atoms with Crippen molar-refractivity contribution < 1.29 is 4.79 Å². The lowest BCUT2D eigenvalue weighted by atomic mass is 10.1. The number of nitrogens with two attached hydrogens (primary N) is 2. The van der Waals surface area contributed by atoms with Crippen LogP contribution in [0.1, 0.15) is 32.1 Å². The van der Waals surface area contributed by atoms with Gasteiger partial charge < -0.3 is 21.7 Å². The summed E-state index contributed by atoms with van der Waals surface area (Å²) in [6.07, 6.45) is 4.92. The molecule has 0 aliphatic carbocycles. The van der Waals surface area contributed by atoms with Gasteiger partial charge in [0.2, 0.25) is 5.91 Å². The Balaban J connectivity index is 0. The van der Waals surface area contributed by atoms with Crippen LogP contribution in [-0.4, -0.2) is 55.8 Å². The number of unbranched alkanes of at least 4 members (excludes halogenated alkanes) is 2. The summed E-state index contributed by atoms with van der Waals surface area (Å²) in [5.74, 6) is 1.33. The second-order valence-electron chi connectivity index (χ2n) is 6.09. The Labute approximate surface area is 190 Å². The summed E-state index contributed by atoms with van der Waals surface area (Å²) in [5, 5.41) is 3.48. The summed E-state index contributed by atoms with van der Waals surface area (Å²) in [6, 6.07) is 10.5. The number of nitrogens with zero attached hydrogens (tertiary/aromatic N) is 1. The minimum Gasteiger partial charge on any atom is -0.340 e. The van der Waals surface area contributed by atoms with Gasteiger partial charge in [-0.1, -0.05) is 46.2 Å². The highest BCUT2D eigenvalue weighted by Crippen LogP contribution is 2.30. The first-order chi connectivity index (χ1) is 12.8. The fraction of sp³-hybridized carbons (Fsp3) is 0.632. The van der Waals surface area contributed by atoms with Gasteiger partial charge in [0.05, 0.1) is 0 Å². The Morgan fingerprint density at radius 1 is 0.929 bits per heavy atom. The van der Waals surface area contributed by atoms with E-state index in [4.69, 9.17) is 11.5 Å². The molecule has 5 nitrogen and oxygen atoms in total. The first kappa shape index (κ1) is 30.0. The molecule has 5 N–H and O–H groups in total. The molecular formula is C19H36Cl2N4OS2. The maximum Gasteiger partial charge on any atom is 0.222 e. The number of benzene rings is 1. The predicted octanol–water partition coefficient (Wildman–Crippen LogP) is 3.56. The van der Waals surface area contributed by atoms with E-state index in [0.717, 1.165) is 38.1 Å². The highest BCUT2D eigenvalue weighted by molar-refractivity contribution is 8.76. The van der Waals surface area contributed by atoms with E-state index in [2.05, 4.69) is 29.6 Å². The van der Waals surface area contributed by atoms with Crippen LogP contribution in [0.25, 0.3) is 0 Å². The predicted molar refractivity (Wildman–Crippen MR) is 130 cm³/mol. The SMILES string of the molecule is Cl.Cl.NCCN(CCN)C(=O)CCCCCNCCCSSc1ccccc1. The van der Waals surface area contributed by atoms with E-state index in [1.54, 1.807) is 4.90 Å². The van der Waals surface area contributed by atoms with Crippen molar-refractivity contribution in [1.82, 2.24) is 10.2 Å². The molecule has 1 aromatic rings. The molecule has 0 bridgehead atoms. The maximum atomic E-state index is 12.1. The number of nitrogens with one attached hydrogen (secondary N) is 1. The molecule has 0 fully saturated rings. The third-order valence-electron chi connectivity index (χ3n) is 3.87. The van der Waals surface area contributed by atoms with Crippen LogP contribution in [0.2, 0.25) is 0 Å². The van der Waals surface area contributed by atoms with E-state index in [1.807, 2.05) is 27.7 Å². The van der Waals surface area contributed by atoms with E-state index in [1.165, 1.54) is 11.3 Å². The van der Waals surface area contributed by atoms with E-state index < -0.39 is 0 Å². The Hall–Kier alpha value is -0.150. The molecular weight excluding hydrogens is 435 g/mol. The number of halogens is 2. The van der Waals surface area contributed by atoms with Crippen LogP contribution < -0.4 is 16.8 Å². The fourth-order valence-corrected chi connectivity index (χ4v) is 4.60. The molecule has 0 saturated heterocycles. The van der Waals surface area contributed by atoms with Gasteiger partial charge in [-0.05, 0) is 44.5 Å². The van der Waals surface area contributed by atoms with Crippen molar-refractivity contribution in [1.29, 1.82) is 0 Å². The average molecular weight is 472 g/mol. The van der Waals surface area contributed by atoms with Crippen LogP contribution in [0, 0.1) is 0 Å². The molecule has 0 heterocycles. The smallest absolute Gasteiger partial charge is 0.222 e. The summed E-state index contributed by atoms with van der Waals surface area (Å²) in [4.78, 5) is 15.2. The highest BCUT2D eigenvalue weighted by atomic mass is 35.5. The van der Waals surface area contributed by atoms with Gasteiger partial charge in [-0.25, -0.2) is 0 Å². The third-order valence-corrected chi connectivity index (χ3v) is 6.34. The summed E-state index contributed by atoms with van der Waals surface area (Å²) >= 11 is 0. The molecule has 1 aromatic carbocycles. The number of hydrogen-bond acceptors (Lipinski definition) is 6. The zero-order valence-corrected chi connectivity index (χ0v) is 19.8. The van der Waals surface area contributed by atoms with Gasteiger partial charge in [-0.15, -0.1) is 24.8 Å². The van der Waals surface area contributed by atoms with Crippen LogP contribution in [0.5, 0.6) is 0 Å². The zero-order chi connectivity index (χ0) is 18.9. The highest BCUT2D eigenvalue weighted by Gasteiger charge is 2.10. The lowest BCUT2D eigenvalue weighted by Gasteiger charge is -2.21. The molecule has 0 aromatic heterocycles. The van der Waals surface area contributed by atoms with E-state index in [0.29, 0.717) is 32.6 Å². The second kappa shape index (κ2) is 21.6. The summed E-state index contributed by atoms with van der Waals surface area (Å²) in [5.41, 5.74) is 11.1. The number of amides is 1. The second-order valence-corrected chi connectivity index (χ2v) is 8.58. The van der Waals surface area contributed by atoms with E-state index >= 15 is 0 Å². The average Bonchev–Trinajstić information content (AvgIpc) is 2.66. The van der Waals surface area contributed by atoms with Crippen molar-refractivity contribution in [3.63, 3.8) is 0 Å². The van der Waals surface area contributed by atoms with Crippen molar-refractivity contribution in [3.05, 3.63) is 30.3 Å². The molecule has 0 unspecified atom stereocenters. The molecule has 0 aliphatic heterocycles. The Morgan fingerprint density at radius 2 is 1.57 bits per heavy atom. The molecule has 28 heavy (non-hydrogen) atoms. The number of carbonyl (C=O) groups is 1. The number of hydrogen-bond donors (Lipinski definition) is 3. The lowest BCUT2D eigenvalue weighted by Crippen LogP contribution is -2.38.